The van der Waals surface area contributed by atoms with E-state index in [4.69, 9.17) is 0 Å². The van der Waals surface area contributed by atoms with Crippen molar-refractivity contribution >= 4 is 11.6 Å². The standard InChI is InChI=1S/C13H16N2O4/c1-9-7-10(3-4-11(9)15(18)19)12(16)14-8-13(17)5-2-6-13/h3-4,7,17H,2,5-6,8H2,1H3,(H,14,16). The number of aryl methyl sites for hydroxylation is 1. The minimum atomic E-state index is -0.772. The van der Waals surface area contributed by atoms with Gasteiger partial charge in [0.1, 0.15) is 0 Å². The Balaban J connectivity index is 2.03. The monoisotopic (exact) mass is 264 g/mol. The second-order valence-corrected chi connectivity index (χ2v) is 5.02. The normalized spacial score (nSPS) is 16.5. The lowest BCUT2D eigenvalue weighted by Crippen LogP contribution is -2.47. The Morgan fingerprint density at radius 1 is 1.53 bits per heavy atom. The number of amides is 1. The van der Waals surface area contributed by atoms with Crippen LogP contribution in [-0.4, -0.2) is 28.1 Å². The maximum atomic E-state index is 11.9. The summed E-state index contributed by atoms with van der Waals surface area (Å²) >= 11 is 0. The number of aliphatic hydroxyl groups is 1. The van der Waals surface area contributed by atoms with Crippen molar-refractivity contribution in [2.24, 2.45) is 0 Å². The number of hydrogen-bond donors (Lipinski definition) is 2. The number of hydrogen-bond acceptors (Lipinski definition) is 4. The second kappa shape index (κ2) is 4.97. The minimum Gasteiger partial charge on any atom is -0.388 e. The van der Waals surface area contributed by atoms with Gasteiger partial charge in [0.05, 0.1) is 10.5 Å². The van der Waals surface area contributed by atoms with E-state index in [2.05, 4.69) is 5.32 Å². The Morgan fingerprint density at radius 3 is 2.68 bits per heavy atom. The van der Waals surface area contributed by atoms with E-state index in [1.165, 1.54) is 18.2 Å². The molecule has 1 saturated carbocycles. The molecule has 0 aliphatic heterocycles. The van der Waals surface area contributed by atoms with E-state index in [0.717, 1.165) is 6.42 Å². The predicted molar refractivity (Wildman–Crippen MR) is 69.0 cm³/mol. The third-order valence-corrected chi connectivity index (χ3v) is 3.52. The van der Waals surface area contributed by atoms with Crippen LogP contribution in [0.1, 0.15) is 35.2 Å². The molecule has 0 saturated heterocycles. The van der Waals surface area contributed by atoms with Crippen molar-refractivity contribution in [3.8, 4) is 0 Å². The number of benzene rings is 1. The topological polar surface area (TPSA) is 92.5 Å². The van der Waals surface area contributed by atoms with Crippen molar-refractivity contribution in [1.82, 2.24) is 5.32 Å². The maximum Gasteiger partial charge on any atom is 0.272 e. The molecule has 6 nitrogen and oxygen atoms in total. The fourth-order valence-electron chi connectivity index (χ4n) is 2.11. The summed E-state index contributed by atoms with van der Waals surface area (Å²) in [5.74, 6) is -0.321. The van der Waals surface area contributed by atoms with Crippen LogP contribution in [0.3, 0.4) is 0 Å². The molecule has 1 aliphatic rings. The van der Waals surface area contributed by atoms with Gasteiger partial charge in [-0.2, -0.15) is 0 Å². The van der Waals surface area contributed by atoms with E-state index in [1.54, 1.807) is 6.92 Å². The highest BCUT2D eigenvalue weighted by Crippen LogP contribution is 2.30. The molecule has 0 unspecified atom stereocenters. The zero-order valence-electron chi connectivity index (χ0n) is 10.7. The first-order valence-corrected chi connectivity index (χ1v) is 6.17. The average molecular weight is 264 g/mol. The van der Waals surface area contributed by atoms with Crippen LogP contribution in [0.25, 0.3) is 0 Å². The van der Waals surface area contributed by atoms with Crippen LogP contribution in [0.4, 0.5) is 5.69 Å². The Kier molecular flexibility index (Phi) is 3.53. The summed E-state index contributed by atoms with van der Waals surface area (Å²) in [7, 11) is 0. The van der Waals surface area contributed by atoms with E-state index >= 15 is 0 Å². The summed E-state index contributed by atoms with van der Waals surface area (Å²) in [6.07, 6.45) is 2.38. The Morgan fingerprint density at radius 2 is 2.21 bits per heavy atom. The molecule has 102 valence electrons. The molecular formula is C13H16N2O4. The van der Waals surface area contributed by atoms with Crippen LogP contribution in [0.5, 0.6) is 0 Å². The smallest absolute Gasteiger partial charge is 0.272 e. The van der Waals surface area contributed by atoms with Gasteiger partial charge in [0, 0.05) is 23.7 Å². The van der Waals surface area contributed by atoms with Gasteiger partial charge in [-0.1, -0.05) is 0 Å². The number of carbonyl (C=O) groups is 1. The molecule has 6 heteroatoms. The zero-order chi connectivity index (χ0) is 14.0. The largest absolute Gasteiger partial charge is 0.388 e. The highest BCUT2D eigenvalue weighted by Gasteiger charge is 2.34. The van der Waals surface area contributed by atoms with Gasteiger partial charge in [-0.25, -0.2) is 0 Å². The number of nitro benzene ring substituents is 1. The molecule has 1 fully saturated rings. The first-order valence-electron chi connectivity index (χ1n) is 6.17. The maximum absolute atomic E-state index is 11.9. The van der Waals surface area contributed by atoms with Crippen molar-refractivity contribution in [3.63, 3.8) is 0 Å². The molecule has 0 aromatic heterocycles. The molecule has 0 atom stereocenters. The molecule has 1 aromatic carbocycles. The van der Waals surface area contributed by atoms with Crippen LogP contribution >= 0.6 is 0 Å². The Bertz CT molecular complexity index is 523. The lowest BCUT2D eigenvalue weighted by Gasteiger charge is -2.36. The quantitative estimate of drug-likeness (QED) is 0.637. The molecule has 19 heavy (non-hydrogen) atoms. The van der Waals surface area contributed by atoms with E-state index in [1.807, 2.05) is 0 Å². The molecule has 0 heterocycles. The Labute approximate surface area is 110 Å². The lowest BCUT2D eigenvalue weighted by molar-refractivity contribution is -0.385. The summed E-state index contributed by atoms with van der Waals surface area (Å²) in [4.78, 5) is 22.1. The number of nitrogens with one attached hydrogen (secondary N) is 1. The van der Waals surface area contributed by atoms with Gasteiger partial charge in [-0.05, 0) is 38.3 Å². The molecule has 1 aliphatic carbocycles. The predicted octanol–water partition coefficient (Wildman–Crippen LogP) is 1.55. The fraction of sp³-hybridized carbons (Fsp3) is 0.462. The van der Waals surface area contributed by atoms with E-state index < -0.39 is 10.5 Å². The molecule has 2 N–H and O–H groups in total. The number of nitro groups is 1. The van der Waals surface area contributed by atoms with Crippen molar-refractivity contribution in [3.05, 3.63) is 39.4 Å². The van der Waals surface area contributed by atoms with Crippen molar-refractivity contribution in [1.29, 1.82) is 0 Å². The fourth-order valence-corrected chi connectivity index (χ4v) is 2.11. The van der Waals surface area contributed by atoms with Gasteiger partial charge < -0.3 is 10.4 Å². The lowest BCUT2D eigenvalue weighted by atomic mass is 9.80. The first-order chi connectivity index (χ1) is 8.91. The van der Waals surface area contributed by atoms with Crippen LogP contribution < -0.4 is 5.32 Å². The number of rotatable bonds is 4. The molecule has 0 radical (unpaired) electrons. The van der Waals surface area contributed by atoms with Crippen molar-refractivity contribution < 1.29 is 14.8 Å². The van der Waals surface area contributed by atoms with Crippen molar-refractivity contribution in [2.75, 3.05) is 6.54 Å². The molecule has 0 bridgehead atoms. The van der Waals surface area contributed by atoms with Crippen LogP contribution in [-0.2, 0) is 0 Å². The van der Waals surface area contributed by atoms with Crippen LogP contribution in [0.15, 0.2) is 18.2 Å². The van der Waals surface area contributed by atoms with Crippen LogP contribution in [0, 0.1) is 17.0 Å². The molecule has 1 amide bonds. The zero-order valence-corrected chi connectivity index (χ0v) is 10.7. The average Bonchev–Trinajstić information content (AvgIpc) is 2.33. The summed E-state index contributed by atoms with van der Waals surface area (Å²) in [5.41, 5.74) is 0.0334. The first kappa shape index (κ1) is 13.5. The molecular weight excluding hydrogens is 248 g/mol. The minimum absolute atomic E-state index is 0.00540. The van der Waals surface area contributed by atoms with Gasteiger partial charge >= 0.3 is 0 Å². The highest BCUT2D eigenvalue weighted by atomic mass is 16.6. The summed E-state index contributed by atoms with van der Waals surface area (Å²) in [5, 5.41) is 23.2. The molecule has 1 aromatic rings. The van der Waals surface area contributed by atoms with E-state index in [0.29, 0.717) is 24.0 Å². The van der Waals surface area contributed by atoms with Gasteiger partial charge in [0.25, 0.3) is 11.6 Å². The third kappa shape index (κ3) is 2.90. The van der Waals surface area contributed by atoms with Gasteiger partial charge in [0.15, 0.2) is 0 Å². The van der Waals surface area contributed by atoms with Crippen molar-refractivity contribution in [2.45, 2.75) is 31.8 Å². The van der Waals surface area contributed by atoms with Gasteiger partial charge in [-0.15, -0.1) is 0 Å². The van der Waals surface area contributed by atoms with Gasteiger partial charge in [-0.3, -0.25) is 14.9 Å². The summed E-state index contributed by atoms with van der Waals surface area (Å²) in [6.45, 7) is 1.82. The number of carbonyl (C=O) groups excluding carboxylic acids is 1. The summed E-state index contributed by atoms with van der Waals surface area (Å²) in [6, 6.07) is 4.23. The number of nitrogens with zero attached hydrogens (tertiary/aromatic N) is 1. The molecule has 0 spiro atoms. The van der Waals surface area contributed by atoms with E-state index in [-0.39, 0.29) is 18.1 Å². The second-order valence-electron chi connectivity index (χ2n) is 5.02. The SMILES string of the molecule is Cc1cc(C(=O)NCC2(O)CCC2)ccc1[N+](=O)[O-]. The highest BCUT2D eigenvalue weighted by molar-refractivity contribution is 5.94. The van der Waals surface area contributed by atoms with E-state index in [9.17, 15) is 20.0 Å². The Hall–Kier alpha value is -1.95. The van der Waals surface area contributed by atoms with Crippen LogP contribution in [0.2, 0.25) is 0 Å². The third-order valence-electron chi connectivity index (χ3n) is 3.52. The summed E-state index contributed by atoms with van der Waals surface area (Å²) < 4.78 is 0. The molecule has 2 rings (SSSR count). The van der Waals surface area contributed by atoms with Gasteiger partial charge in [0.2, 0.25) is 0 Å².